The van der Waals surface area contributed by atoms with Crippen LogP contribution in [0.15, 0.2) is 47.3 Å². The monoisotopic (exact) mass is 453 g/mol. The highest BCUT2D eigenvalue weighted by Gasteiger charge is 2.30. The third-order valence-corrected chi connectivity index (χ3v) is 5.63. The molecule has 4 rings (SSSR count). The van der Waals surface area contributed by atoms with Crippen LogP contribution in [0.5, 0.6) is 0 Å². The summed E-state index contributed by atoms with van der Waals surface area (Å²) in [4.78, 5) is 21.8. The standard InChI is InChI=1S/C21H16Cl2F3N3O/c22-15-6-3-13(17(23)9-15)10-29-8-7-16-18(11-29)27-19(28-20(16)30)12-1-4-14(5-2-12)21(24,25)26/h1-6,9H,7-8,10-11H2,(H,27,28,30). The van der Waals surface area contributed by atoms with Crippen molar-refractivity contribution in [3.05, 3.63) is 85.2 Å². The van der Waals surface area contributed by atoms with E-state index in [0.717, 1.165) is 17.7 Å². The van der Waals surface area contributed by atoms with Crippen LogP contribution < -0.4 is 5.56 Å². The molecule has 0 bridgehead atoms. The second-order valence-corrected chi connectivity index (χ2v) is 7.95. The Bertz CT molecular complexity index is 1140. The minimum Gasteiger partial charge on any atom is -0.306 e. The van der Waals surface area contributed by atoms with Crippen LogP contribution in [0.25, 0.3) is 11.4 Å². The molecule has 0 amide bonds. The smallest absolute Gasteiger partial charge is 0.306 e. The van der Waals surface area contributed by atoms with E-state index in [9.17, 15) is 18.0 Å². The lowest BCUT2D eigenvalue weighted by molar-refractivity contribution is -0.137. The average molecular weight is 454 g/mol. The first kappa shape index (κ1) is 20.9. The Morgan fingerprint density at radius 1 is 1.10 bits per heavy atom. The van der Waals surface area contributed by atoms with Gasteiger partial charge in [-0.25, -0.2) is 4.98 Å². The van der Waals surface area contributed by atoms with Gasteiger partial charge in [-0.3, -0.25) is 9.69 Å². The van der Waals surface area contributed by atoms with Crippen molar-refractivity contribution in [1.82, 2.24) is 14.9 Å². The molecule has 1 aliphatic rings. The normalized spacial score (nSPS) is 14.6. The Labute approximate surface area is 180 Å². The largest absolute Gasteiger partial charge is 0.416 e. The minimum atomic E-state index is -4.42. The lowest BCUT2D eigenvalue weighted by Gasteiger charge is -2.28. The summed E-state index contributed by atoms with van der Waals surface area (Å²) < 4.78 is 38.4. The highest BCUT2D eigenvalue weighted by atomic mass is 35.5. The molecule has 1 N–H and O–H groups in total. The molecule has 9 heteroatoms. The fourth-order valence-corrected chi connectivity index (χ4v) is 3.94. The molecule has 0 saturated heterocycles. The molecule has 156 valence electrons. The SMILES string of the molecule is O=c1[nH]c(-c2ccc(C(F)(F)F)cc2)nc2c1CCN(Cc1ccc(Cl)cc1Cl)C2. The van der Waals surface area contributed by atoms with Crippen LogP contribution >= 0.6 is 23.2 Å². The first-order chi connectivity index (χ1) is 14.2. The van der Waals surface area contributed by atoms with Gasteiger partial charge in [-0.1, -0.05) is 41.4 Å². The van der Waals surface area contributed by atoms with Gasteiger partial charge in [-0.2, -0.15) is 13.2 Å². The van der Waals surface area contributed by atoms with Gasteiger partial charge in [-0.05, 0) is 36.2 Å². The van der Waals surface area contributed by atoms with Gasteiger partial charge in [0.25, 0.3) is 5.56 Å². The van der Waals surface area contributed by atoms with Gasteiger partial charge in [0.1, 0.15) is 5.82 Å². The summed E-state index contributed by atoms with van der Waals surface area (Å²) >= 11 is 12.2. The second kappa shape index (κ2) is 8.06. The van der Waals surface area contributed by atoms with Crippen molar-refractivity contribution in [2.45, 2.75) is 25.7 Å². The Hall–Kier alpha value is -2.35. The number of rotatable bonds is 3. The number of alkyl halides is 3. The minimum absolute atomic E-state index is 0.249. The van der Waals surface area contributed by atoms with Crippen LogP contribution in [0.1, 0.15) is 22.4 Å². The Morgan fingerprint density at radius 2 is 1.83 bits per heavy atom. The first-order valence-electron chi connectivity index (χ1n) is 9.16. The lowest BCUT2D eigenvalue weighted by Crippen LogP contribution is -2.35. The maximum Gasteiger partial charge on any atom is 0.416 e. The highest BCUT2D eigenvalue weighted by Crippen LogP contribution is 2.30. The Morgan fingerprint density at radius 3 is 2.50 bits per heavy atom. The molecule has 0 fully saturated rings. The lowest BCUT2D eigenvalue weighted by atomic mass is 10.0. The molecular formula is C21H16Cl2F3N3O. The van der Waals surface area contributed by atoms with E-state index in [1.165, 1.54) is 12.1 Å². The number of hydrogen-bond donors (Lipinski definition) is 1. The van der Waals surface area contributed by atoms with Gasteiger partial charge >= 0.3 is 6.18 Å². The number of halogens is 5. The van der Waals surface area contributed by atoms with Gasteiger partial charge in [0.2, 0.25) is 0 Å². The van der Waals surface area contributed by atoms with Crippen LogP contribution in [-0.4, -0.2) is 21.4 Å². The zero-order valence-corrected chi connectivity index (χ0v) is 17.1. The van der Waals surface area contributed by atoms with Crippen molar-refractivity contribution in [1.29, 1.82) is 0 Å². The molecule has 2 aromatic carbocycles. The fourth-order valence-electron chi connectivity index (χ4n) is 3.47. The number of hydrogen-bond acceptors (Lipinski definition) is 3. The molecule has 4 nitrogen and oxygen atoms in total. The van der Waals surface area contributed by atoms with E-state index in [4.69, 9.17) is 23.2 Å². The fraction of sp³-hybridized carbons (Fsp3) is 0.238. The van der Waals surface area contributed by atoms with Crippen molar-refractivity contribution < 1.29 is 13.2 Å². The summed E-state index contributed by atoms with van der Waals surface area (Å²) in [5.41, 5.74) is 1.53. The number of nitrogens with one attached hydrogen (secondary N) is 1. The zero-order valence-electron chi connectivity index (χ0n) is 15.6. The maximum atomic E-state index is 12.8. The molecule has 30 heavy (non-hydrogen) atoms. The molecule has 1 aliphatic heterocycles. The number of nitrogens with zero attached hydrogens (tertiary/aromatic N) is 2. The predicted molar refractivity (Wildman–Crippen MR) is 110 cm³/mol. The van der Waals surface area contributed by atoms with Gasteiger partial charge in [0, 0.05) is 40.8 Å². The second-order valence-electron chi connectivity index (χ2n) is 7.11. The van der Waals surface area contributed by atoms with Crippen molar-refractivity contribution in [3.8, 4) is 11.4 Å². The summed E-state index contributed by atoms with van der Waals surface area (Å²) in [6, 6.07) is 9.88. The van der Waals surface area contributed by atoms with Crippen LogP contribution in [0.2, 0.25) is 10.0 Å². The van der Waals surface area contributed by atoms with E-state index < -0.39 is 11.7 Å². The summed E-state index contributed by atoms with van der Waals surface area (Å²) in [5.74, 6) is 0.249. The predicted octanol–water partition coefficient (Wildman–Crippen LogP) is 5.32. The van der Waals surface area contributed by atoms with Crippen LogP contribution in [0.3, 0.4) is 0 Å². The Balaban J connectivity index is 1.59. The van der Waals surface area contributed by atoms with E-state index in [2.05, 4.69) is 14.9 Å². The summed E-state index contributed by atoms with van der Waals surface area (Å²) in [5, 5.41) is 1.12. The van der Waals surface area contributed by atoms with Crippen molar-refractivity contribution in [2.24, 2.45) is 0 Å². The van der Waals surface area contributed by atoms with Crippen molar-refractivity contribution >= 4 is 23.2 Å². The van der Waals surface area contributed by atoms with Crippen LogP contribution in [0, 0.1) is 0 Å². The molecule has 0 unspecified atom stereocenters. The number of aromatic amines is 1. The van der Waals surface area contributed by atoms with E-state index in [1.807, 2.05) is 6.07 Å². The van der Waals surface area contributed by atoms with E-state index in [1.54, 1.807) is 12.1 Å². The topological polar surface area (TPSA) is 49.0 Å². The molecule has 3 aromatic rings. The zero-order chi connectivity index (χ0) is 21.5. The summed E-state index contributed by atoms with van der Waals surface area (Å²) in [6.07, 6.45) is -3.89. The van der Waals surface area contributed by atoms with Gasteiger partial charge < -0.3 is 4.98 Å². The average Bonchev–Trinajstić information content (AvgIpc) is 2.69. The molecule has 1 aromatic heterocycles. The summed E-state index contributed by atoms with van der Waals surface area (Å²) in [6.45, 7) is 1.67. The molecule has 0 saturated carbocycles. The van der Waals surface area contributed by atoms with Gasteiger partial charge in [0.15, 0.2) is 0 Å². The number of H-pyrrole nitrogens is 1. The molecule has 0 aliphatic carbocycles. The molecule has 0 spiro atoms. The number of fused-ring (bicyclic) bond motifs is 1. The van der Waals surface area contributed by atoms with E-state index in [0.29, 0.717) is 52.9 Å². The third-order valence-electron chi connectivity index (χ3n) is 5.05. The summed E-state index contributed by atoms with van der Waals surface area (Å²) in [7, 11) is 0. The molecular weight excluding hydrogens is 438 g/mol. The third kappa shape index (κ3) is 4.38. The highest BCUT2D eigenvalue weighted by molar-refractivity contribution is 6.35. The Kier molecular flexibility index (Phi) is 5.61. The quantitative estimate of drug-likeness (QED) is 0.583. The van der Waals surface area contributed by atoms with Crippen molar-refractivity contribution in [3.63, 3.8) is 0 Å². The van der Waals surface area contributed by atoms with Crippen LogP contribution in [0.4, 0.5) is 13.2 Å². The van der Waals surface area contributed by atoms with E-state index >= 15 is 0 Å². The maximum absolute atomic E-state index is 12.8. The van der Waals surface area contributed by atoms with Crippen molar-refractivity contribution in [2.75, 3.05) is 6.54 Å². The first-order valence-corrected chi connectivity index (χ1v) is 9.92. The molecule has 2 heterocycles. The van der Waals surface area contributed by atoms with Gasteiger partial charge in [0.05, 0.1) is 11.3 Å². The number of benzene rings is 2. The van der Waals surface area contributed by atoms with Crippen LogP contribution in [-0.2, 0) is 25.7 Å². The molecule has 0 radical (unpaired) electrons. The van der Waals surface area contributed by atoms with E-state index in [-0.39, 0.29) is 11.4 Å². The number of aromatic nitrogens is 2. The van der Waals surface area contributed by atoms with Gasteiger partial charge in [-0.15, -0.1) is 0 Å². The molecule has 0 atom stereocenters.